The standard InChI is InChI=1S/C11H9ClN2OS/c1-7-4-2-3-5-8(7)10(15)14-11-13-6-9(12)16-11/h2-6H,1H3,(H,13,14,15). The highest BCUT2D eigenvalue weighted by molar-refractivity contribution is 7.19. The lowest BCUT2D eigenvalue weighted by atomic mass is 10.1. The quantitative estimate of drug-likeness (QED) is 0.891. The minimum absolute atomic E-state index is 0.163. The number of amides is 1. The highest BCUT2D eigenvalue weighted by atomic mass is 35.5. The fourth-order valence-corrected chi connectivity index (χ4v) is 2.11. The molecule has 2 aromatic rings. The summed E-state index contributed by atoms with van der Waals surface area (Å²) in [5, 5.41) is 3.22. The molecule has 1 amide bonds. The summed E-state index contributed by atoms with van der Waals surface area (Å²) in [5.74, 6) is -0.163. The van der Waals surface area contributed by atoms with E-state index in [9.17, 15) is 4.79 Å². The second-order valence-electron chi connectivity index (χ2n) is 3.24. The van der Waals surface area contributed by atoms with E-state index in [1.165, 1.54) is 17.5 Å². The average Bonchev–Trinajstić information content (AvgIpc) is 2.64. The van der Waals surface area contributed by atoms with Gasteiger partial charge in [0, 0.05) is 5.56 Å². The SMILES string of the molecule is Cc1ccccc1C(=O)Nc1ncc(Cl)s1. The molecule has 0 radical (unpaired) electrons. The molecule has 0 aliphatic heterocycles. The van der Waals surface area contributed by atoms with Crippen molar-refractivity contribution in [3.8, 4) is 0 Å². The second-order valence-corrected chi connectivity index (χ2v) is 4.90. The van der Waals surface area contributed by atoms with Crippen LogP contribution in [0.4, 0.5) is 5.13 Å². The molecule has 0 spiro atoms. The normalized spacial score (nSPS) is 10.1. The molecule has 0 aliphatic rings. The molecule has 1 heterocycles. The molecular formula is C11H9ClN2OS. The van der Waals surface area contributed by atoms with E-state index in [2.05, 4.69) is 10.3 Å². The first kappa shape index (κ1) is 11.1. The molecule has 1 aromatic carbocycles. The molecule has 16 heavy (non-hydrogen) atoms. The van der Waals surface area contributed by atoms with Crippen molar-refractivity contribution in [3.63, 3.8) is 0 Å². The summed E-state index contributed by atoms with van der Waals surface area (Å²) in [6, 6.07) is 7.40. The zero-order chi connectivity index (χ0) is 11.5. The van der Waals surface area contributed by atoms with E-state index < -0.39 is 0 Å². The zero-order valence-electron chi connectivity index (χ0n) is 8.53. The number of nitrogens with one attached hydrogen (secondary N) is 1. The smallest absolute Gasteiger partial charge is 0.257 e. The zero-order valence-corrected chi connectivity index (χ0v) is 10.1. The van der Waals surface area contributed by atoms with E-state index >= 15 is 0 Å². The Kier molecular flexibility index (Phi) is 3.22. The van der Waals surface area contributed by atoms with Gasteiger partial charge < -0.3 is 0 Å². The summed E-state index contributed by atoms with van der Waals surface area (Å²) >= 11 is 6.96. The topological polar surface area (TPSA) is 42.0 Å². The molecule has 0 saturated carbocycles. The molecule has 5 heteroatoms. The van der Waals surface area contributed by atoms with Crippen molar-refractivity contribution in [2.45, 2.75) is 6.92 Å². The Bertz CT molecular complexity index is 524. The number of aromatic nitrogens is 1. The van der Waals surface area contributed by atoms with Gasteiger partial charge in [0.15, 0.2) is 5.13 Å². The molecule has 0 saturated heterocycles. The van der Waals surface area contributed by atoms with Gasteiger partial charge in [0.1, 0.15) is 4.34 Å². The van der Waals surface area contributed by atoms with Crippen LogP contribution in [-0.4, -0.2) is 10.9 Å². The minimum Gasteiger partial charge on any atom is -0.298 e. The summed E-state index contributed by atoms with van der Waals surface area (Å²) in [5.41, 5.74) is 1.58. The lowest BCUT2D eigenvalue weighted by molar-refractivity contribution is 0.102. The Balaban J connectivity index is 2.18. The first-order chi connectivity index (χ1) is 7.66. The van der Waals surface area contributed by atoms with Crippen LogP contribution in [0, 0.1) is 6.92 Å². The van der Waals surface area contributed by atoms with Crippen LogP contribution in [0.2, 0.25) is 4.34 Å². The Hall–Kier alpha value is -1.39. The van der Waals surface area contributed by atoms with Crippen molar-refractivity contribution in [1.29, 1.82) is 0 Å². The fraction of sp³-hybridized carbons (Fsp3) is 0.0909. The highest BCUT2D eigenvalue weighted by Crippen LogP contribution is 2.23. The Morgan fingerprint density at radius 3 is 2.81 bits per heavy atom. The van der Waals surface area contributed by atoms with E-state index in [0.29, 0.717) is 15.0 Å². The van der Waals surface area contributed by atoms with Crippen LogP contribution >= 0.6 is 22.9 Å². The summed E-state index contributed by atoms with van der Waals surface area (Å²) in [6.45, 7) is 1.89. The number of carbonyl (C=O) groups excluding carboxylic acids is 1. The van der Waals surface area contributed by atoms with Gasteiger partial charge in [0.05, 0.1) is 6.20 Å². The third-order valence-electron chi connectivity index (χ3n) is 2.09. The maximum atomic E-state index is 11.9. The van der Waals surface area contributed by atoms with Crippen molar-refractivity contribution in [3.05, 3.63) is 45.9 Å². The number of nitrogens with zero attached hydrogens (tertiary/aromatic N) is 1. The number of rotatable bonds is 2. The molecule has 82 valence electrons. The molecule has 2 rings (SSSR count). The summed E-state index contributed by atoms with van der Waals surface area (Å²) in [7, 11) is 0. The van der Waals surface area contributed by atoms with Crippen LogP contribution in [0.5, 0.6) is 0 Å². The number of anilines is 1. The fourth-order valence-electron chi connectivity index (χ4n) is 1.30. The van der Waals surface area contributed by atoms with Gasteiger partial charge in [-0.25, -0.2) is 4.98 Å². The number of hydrogen-bond acceptors (Lipinski definition) is 3. The predicted molar refractivity (Wildman–Crippen MR) is 66.3 cm³/mol. The van der Waals surface area contributed by atoms with Gasteiger partial charge in [0.2, 0.25) is 0 Å². The third kappa shape index (κ3) is 2.40. The van der Waals surface area contributed by atoms with Crippen molar-refractivity contribution in [1.82, 2.24) is 4.98 Å². The lowest BCUT2D eigenvalue weighted by Gasteiger charge is -2.04. The molecule has 1 N–H and O–H groups in total. The largest absolute Gasteiger partial charge is 0.298 e. The molecule has 3 nitrogen and oxygen atoms in total. The molecule has 0 fully saturated rings. The van der Waals surface area contributed by atoms with Crippen LogP contribution in [-0.2, 0) is 0 Å². The van der Waals surface area contributed by atoms with Crippen molar-refractivity contribution in [2.75, 3.05) is 5.32 Å². The van der Waals surface area contributed by atoms with E-state index in [1.807, 2.05) is 25.1 Å². The lowest BCUT2D eigenvalue weighted by Crippen LogP contribution is -2.12. The summed E-state index contributed by atoms with van der Waals surface area (Å²) < 4.78 is 0.556. The van der Waals surface area contributed by atoms with Crippen LogP contribution < -0.4 is 5.32 Å². The third-order valence-corrected chi connectivity index (χ3v) is 3.12. The first-order valence-electron chi connectivity index (χ1n) is 4.65. The molecule has 0 bridgehead atoms. The summed E-state index contributed by atoms with van der Waals surface area (Å²) in [6.07, 6.45) is 1.51. The second kappa shape index (κ2) is 4.63. The number of hydrogen-bond donors (Lipinski definition) is 1. The van der Waals surface area contributed by atoms with Crippen LogP contribution in [0.15, 0.2) is 30.5 Å². The van der Waals surface area contributed by atoms with Gasteiger partial charge in [-0.05, 0) is 18.6 Å². The number of halogens is 1. The van der Waals surface area contributed by atoms with E-state index in [-0.39, 0.29) is 5.91 Å². The van der Waals surface area contributed by atoms with Gasteiger partial charge in [-0.2, -0.15) is 0 Å². The Morgan fingerprint density at radius 1 is 1.44 bits per heavy atom. The average molecular weight is 253 g/mol. The van der Waals surface area contributed by atoms with Gasteiger partial charge >= 0.3 is 0 Å². The molecular weight excluding hydrogens is 244 g/mol. The van der Waals surface area contributed by atoms with Crippen molar-refractivity contribution in [2.24, 2.45) is 0 Å². The van der Waals surface area contributed by atoms with Crippen LogP contribution in [0.1, 0.15) is 15.9 Å². The first-order valence-corrected chi connectivity index (χ1v) is 5.84. The maximum Gasteiger partial charge on any atom is 0.257 e. The van der Waals surface area contributed by atoms with Gasteiger partial charge in [0.25, 0.3) is 5.91 Å². The van der Waals surface area contributed by atoms with Gasteiger partial charge in [-0.1, -0.05) is 41.1 Å². The van der Waals surface area contributed by atoms with Gasteiger partial charge in [-0.15, -0.1) is 0 Å². The molecule has 1 aromatic heterocycles. The Morgan fingerprint density at radius 2 is 2.19 bits per heavy atom. The highest BCUT2D eigenvalue weighted by Gasteiger charge is 2.10. The van der Waals surface area contributed by atoms with Gasteiger partial charge in [-0.3, -0.25) is 10.1 Å². The monoisotopic (exact) mass is 252 g/mol. The number of aryl methyl sites for hydroxylation is 1. The Labute approximate surface area is 102 Å². The number of benzene rings is 1. The molecule has 0 atom stereocenters. The van der Waals surface area contributed by atoms with Crippen LogP contribution in [0.3, 0.4) is 0 Å². The minimum atomic E-state index is -0.163. The van der Waals surface area contributed by atoms with Crippen molar-refractivity contribution >= 4 is 34.0 Å². The predicted octanol–water partition coefficient (Wildman–Crippen LogP) is 3.36. The van der Waals surface area contributed by atoms with Crippen molar-refractivity contribution < 1.29 is 4.79 Å². The maximum absolute atomic E-state index is 11.9. The molecule has 0 aliphatic carbocycles. The number of thiazole rings is 1. The van der Waals surface area contributed by atoms with Crippen LogP contribution in [0.25, 0.3) is 0 Å². The summed E-state index contributed by atoms with van der Waals surface area (Å²) in [4.78, 5) is 15.8. The van der Waals surface area contributed by atoms with E-state index in [0.717, 1.165) is 5.56 Å². The number of carbonyl (C=O) groups is 1. The molecule has 0 unspecified atom stereocenters. The van der Waals surface area contributed by atoms with E-state index in [4.69, 9.17) is 11.6 Å². The van der Waals surface area contributed by atoms with E-state index in [1.54, 1.807) is 6.07 Å².